The summed E-state index contributed by atoms with van der Waals surface area (Å²) >= 11 is 0. The Morgan fingerprint density at radius 3 is 2.86 bits per heavy atom. The third-order valence-electron chi connectivity index (χ3n) is 4.55. The summed E-state index contributed by atoms with van der Waals surface area (Å²) in [7, 11) is 1.63. The molecule has 0 bridgehead atoms. The van der Waals surface area contributed by atoms with Crippen LogP contribution in [0.1, 0.15) is 37.4 Å². The summed E-state index contributed by atoms with van der Waals surface area (Å²) < 4.78 is 19.2. The predicted octanol–water partition coefficient (Wildman–Crippen LogP) is 5.58. The van der Waals surface area contributed by atoms with E-state index in [0.29, 0.717) is 11.5 Å². The first-order valence-electron chi connectivity index (χ1n) is 9.62. The van der Waals surface area contributed by atoms with Gasteiger partial charge in [0, 0.05) is 31.0 Å². The first-order valence-corrected chi connectivity index (χ1v) is 9.62. The molecule has 6 heteroatoms. The van der Waals surface area contributed by atoms with E-state index < -0.39 is 0 Å². The summed E-state index contributed by atoms with van der Waals surface area (Å²) in [5, 5.41) is 0. The van der Waals surface area contributed by atoms with Crippen LogP contribution in [0, 0.1) is 0 Å². The van der Waals surface area contributed by atoms with Gasteiger partial charge in [-0.15, -0.1) is 0 Å². The highest BCUT2D eigenvalue weighted by atomic mass is 16.5. The van der Waals surface area contributed by atoms with E-state index in [1.54, 1.807) is 19.6 Å². The second-order valence-electron chi connectivity index (χ2n) is 6.66. The maximum Gasteiger partial charge on any atom is 0.220 e. The van der Waals surface area contributed by atoms with Crippen molar-refractivity contribution in [3.63, 3.8) is 0 Å². The Labute approximate surface area is 169 Å². The molecule has 0 aliphatic rings. The van der Waals surface area contributed by atoms with Crippen LogP contribution in [0.25, 0.3) is 23.3 Å². The lowest BCUT2D eigenvalue weighted by molar-refractivity contribution is 0.121. The molecule has 1 atom stereocenters. The van der Waals surface area contributed by atoms with Crippen molar-refractivity contribution in [2.45, 2.75) is 26.0 Å². The fraction of sp³-hybridized carbons (Fsp3) is 0.217. The standard InChI is InChI=1S/C23H23N3O3/c1-3-5-23(26-13-12-24-16-26)28-19-7-4-6-17(14-19)8-11-22-25-20-10-9-18(27-2)15-21(20)29-22/h4,6-16,23H,3,5H2,1-2H3/b11-8+. The number of fused-ring (bicyclic) bond motifs is 1. The van der Waals surface area contributed by atoms with Crippen LogP contribution in [0.5, 0.6) is 11.5 Å². The van der Waals surface area contributed by atoms with Gasteiger partial charge in [-0.3, -0.25) is 0 Å². The van der Waals surface area contributed by atoms with Crippen LogP contribution in [0.2, 0.25) is 0 Å². The minimum Gasteiger partial charge on any atom is -0.497 e. The Kier molecular flexibility index (Phi) is 5.61. The molecule has 0 amide bonds. The van der Waals surface area contributed by atoms with Crippen LogP contribution in [0.15, 0.2) is 65.6 Å². The number of benzene rings is 2. The summed E-state index contributed by atoms with van der Waals surface area (Å²) in [5.41, 5.74) is 2.50. The molecule has 29 heavy (non-hydrogen) atoms. The first-order chi connectivity index (χ1) is 14.2. The molecule has 1 unspecified atom stereocenters. The molecule has 4 aromatic rings. The molecule has 0 spiro atoms. The Morgan fingerprint density at radius 1 is 1.14 bits per heavy atom. The number of imidazole rings is 1. The molecule has 2 aromatic carbocycles. The number of methoxy groups -OCH3 is 1. The maximum atomic E-state index is 6.20. The van der Waals surface area contributed by atoms with Crippen molar-refractivity contribution in [2.24, 2.45) is 0 Å². The van der Waals surface area contributed by atoms with Gasteiger partial charge in [0.15, 0.2) is 11.8 Å². The number of hydrogen-bond acceptors (Lipinski definition) is 5. The lowest BCUT2D eigenvalue weighted by Gasteiger charge is -2.20. The monoisotopic (exact) mass is 389 g/mol. The maximum absolute atomic E-state index is 6.20. The van der Waals surface area contributed by atoms with Crippen LogP contribution in [-0.4, -0.2) is 21.6 Å². The molecule has 0 saturated heterocycles. The van der Waals surface area contributed by atoms with Gasteiger partial charge in [0.2, 0.25) is 5.89 Å². The molecule has 0 fully saturated rings. The van der Waals surface area contributed by atoms with Crippen molar-refractivity contribution >= 4 is 23.3 Å². The molecule has 2 heterocycles. The zero-order valence-corrected chi connectivity index (χ0v) is 16.5. The Morgan fingerprint density at radius 2 is 2.07 bits per heavy atom. The zero-order chi connectivity index (χ0) is 20.1. The second kappa shape index (κ2) is 8.65. The summed E-state index contributed by atoms with van der Waals surface area (Å²) in [6.07, 6.45) is 11.1. The van der Waals surface area contributed by atoms with E-state index >= 15 is 0 Å². The van der Waals surface area contributed by atoms with E-state index in [1.807, 2.05) is 65.4 Å². The van der Waals surface area contributed by atoms with Crippen molar-refractivity contribution in [3.05, 3.63) is 72.6 Å². The van der Waals surface area contributed by atoms with Crippen molar-refractivity contribution < 1.29 is 13.9 Å². The van der Waals surface area contributed by atoms with E-state index in [4.69, 9.17) is 13.9 Å². The molecule has 0 aliphatic carbocycles. The van der Waals surface area contributed by atoms with E-state index in [-0.39, 0.29) is 6.23 Å². The van der Waals surface area contributed by atoms with Gasteiger partial charge >= 0.3 is 0 Å². The highest BCUT2D eigenvalue weighted by Gasteiger charge is 2.11. The number of nitrogens with zero attached hydrogens (tertiary/aromatic N) is 3. The average molecular weight is 389 g/mol. The Hall–Kier alpha value is -3.54. The summed E-state index contributed by atoms with van der Waals surface area (Å²) in [6, 6.07) is 13.5. The highest BCUT2D eigenvalue weighted by Crippen LogP contribution is 2.24. The molecule has 0 saturated carbocycles. The average Bonchev–Trinajstić information content (AvgIpc) is 3.41. The molecule has 2 aromatic heterocycles. The topological polar surface area (TPSA) is 62.3 Å². The van der Waals surface area contributed by atoms with Crippen LogP contribution >= 0.6 is 0 Å². The summed E-state index contributed by atoms with van der Waals surface area (Å²) in [5.74, 6) is 2.09. The molecule has 0 aliphatic heterocycles. The van der Waals surface area contributed by atoms with Crippen LogP contribution in [-0.2, 0) is 0 Å². The number of ether oxygens (including phenoxy) is 2. The molecule has 0 radical (unpaired) electrons. The van der Waals surface area contributed by atoms with Gasteiger partial charge < -0.3 is 18.5 Å². The largest absolute Gasteiger partial charge is 0.497 e. The second-order valence-corrected chi connectivity index (χ2v) is 6.66. The molecule has 4 rings (SSSR count). The Balaban J connectivity index is 1.51. The minimum absolute atomic E-state index is 0.0752. The van der Waals surface area contributed by atoms with Crippen molar-refractivity contribution in [1.29, 1.82) is 0 Å². The van der Waals surface area contributed by atoms with Gasteiger partial charge in [-0.05, 0) is 35.9 Å². The van der Waals surface area contributed by atoms with Gasteiger partial charge in [-0.1, -0.05) is 25.5 Å². The molecular formula is C23H23N3O3. The predicted molar refractivity (Wildman–Crippen MR) is 113 cm³/mol. The van der Waals surface area contributed by atoms with Crippen molar-refractivity contribution in [3.8, 4) is 11.5 Å². The quantitative estimate of drug-likeness (QED) is 0.394. The molecule has 6 nitrogen and oxygen atoms in total. The third kappa shape index (κ3) is 4.48. The molecule has 0 N–H and O–H groups in total. The highest BCUT2D eigenvalue weighted by molar-refractivity contribution is 5.77. The van der Waals surface area contributed by atoms with E-state index in [1.165, 1.54) is 0 Å². The smallest absolute Gasteiger partial charge is 0.220 e. The van der Waals surface area contributed by atoms with E-state index in [9.17, 15) is 0 Å². The normalized spacial score (nSPS) is 12.5. The summed E-state index contributed by atoms with van der Waals surface area (Å²) in [4.78, 5) is 8.60. The lowest BCUT2D eigenvalue weighted by atomic mass is 10.2. The number of hydrogen-bond donors (Lipinski definition) is 0. The Bertz CT molecular complexity index is 1100. The van der Waals surface area contributed by atoms with Gasteiger partial charge in [-0.2, -0.15) is 0 Å². The van der Waals surface area contributed by atoms with Gasteiger partial charge in [0.05, 0.1) is 13.4 Å². The SMILES string of the molecule is CCCC(Oc1cccc(/C=C/c2nc3ccc(OC)cc3o2)c1)n1ccnc1. The molecule has 148 valence electrons. The van der Waals surface area contributed by atoms with E-state index in [2.05, 4.69) is 16.9 Å². The lowest BCUT2D eigenvalue weighted by Crippen LogP contribution is -2.14. The van der Waals surface area contributed by atoms with Crippen molar-refractivity contribution in [1.82, 2.24) is 14.5 Å². The van der Waals surface area contributed by atoms with Crippen LogP contribution in [0.3, 0.4) is 0 Å². The number of aromatic nitrogens is 3. The van der Waals surface area contributed by atoms with Crippen LogP contribution < -0.4 is 9.47 Å². The first kappa shape index (κ1) is 18.8. The summed E-state index contributed by atoms with van der Waals surface area (Å²) in [6.45, 7) is 2.14. The molecular weight excluding hydrogens is 366 g/mol. The zero-order valence-electron chi connectivity index (χ0n) is 16.5. The van der Waals surface area contributed by atoms with Crippen molar-refractivity contribution in [2.75, 3.05) is 7.11 Å². The number of oxazole rings is 1. The fourth-order valence-corrected chi connectivity index (χ4v) is 3.09. The van der Waals surface area contributed by atoms with Crippen LogP contribution in [0.4, 0.5) is 0 Å². The van der Waals surface area contributed by atoms with Gasteiger partial charge in [-0.25, -0.2) is 9.97 Å². The van der Waals surface area contributed by atoms with Gasteiger partial charge in [0.1, 0.15) is 17.0 Å². The minimum atomic E-state index is -0.0752. The third-order valence-corrected chi connectivity index (χ3v) is 4.55. The number of rotatable bonds is 8. The van der Waals surface area contributed by atoms with E-state index in [0.717, 1.165) is 35.4 Å². The fourth-order valence-electron chi connectivity index (χ4n) is 3.09. The van der Waals surface area contributed by atoms with Gasteiger partial charge in [0.25, 0.3) is 0 Å².